The quantitative estimate of drug-likeness (QED) is 0.626. The van der Waals surface area contributed by atoms with Crippen molar-refractivity contribution in [1.29, 1.82) is 0 Å². The summed E-state index contributed by atoms with van der Waals surface area (Å²) in [6.07, 6.45) is 1.55. The molecular weight excluding hydrogens is 354 g/mol. The number of ether oxygens (including phenoxy) is 1. The van der Waals surface area contributed by atoms with Gasteiger partial charge in [0.2, 0.25) is 5.88 Å². The molecule has 6 nitrogen and oxygen atoms in total. The zero-order valence-electron chi connectivity index (χ0n) is 14.9. The van der Waals surface area contributed by atoms with Crippen LogP contribution in [0.2, 0.25) is 5.02 Å². The molecule has 26 heavy (non-hydrogen) atoms. The Balaban J connectivity index is 2.20. The second kappa shape index (κ2) is 7.17. The number of rotatable bonds is 4. The molecule has 0 bridgehead atoms. The molecule has 0 spiro atoms. The minimum absolute atomic E-state index is 0.00537. The number of carbonyl (C=O) groups excluding carboxylic acids is 1. The molecule has 2 heterocycles. The number of furan rings is 1. The summed E-state index contributed by atoms with van der Waals surface area (Å²) < 4.78 is 10.2. The largest absolute Gasteiger partial charge is 0.464 e. The molecule has 1 aromatic carbocycles. The number of carbonyl (C=O) groups is 1. The van der Waals surface area contributed by atoms with Crippen LogP contribution in [0.4, 0.5) is 11.7 Å². The first kappa shape index (κ1) is 17.9. The van der Waals surface area contributed by atoms with Gasteiger partial charge in [-0.05, 0) is 37.1 Å². The van der Waals surface area contributed by atoms with Gasteiger partial charge in [0.25, 0.3) is 0 Å². The molecule has 0 aliphatic carbocycles. The first-order chi connectivity index (χ1) is 12.4. The van der Waals surface area contributed by atoms with E-state index in [9.17, 15) is 4.79 Å². The molecule has 0 aliphatic rings. The summed E-state index contributed by atoms with van der Waals surface area (Å²) in [7, 11) is 3.03. The van der Waals surface area contributed by atoms with Gasteiger partial charge >= 0.3 is 5.97 Å². The number of nitrogens with zero attached hydrogens (tertiary/aromatic N) is 3. The zero-order valence-corrected chi connectivity index (χ0v) is 15.7. The van der Waals surface area contributed by atoms with Crippen LogP contribution < -0.4 is 4.90 Å². The van der Waals surface area contributed by atoms with Crippen LogP contribution in [0.25, 0.3) is 11.4 Å². The van der Waals surface area contributed by atoms with Crippen molar-refractivity contribution in [3.05, 3.63) is 58.4 Å². The van der Waals surface area contributed by atoms with Gasteiger partial charge in [0.15, 0.2) is 17.3 Å². The van der Waals surface area contributed by atoms with Gasteiger partial charge in [0.05, 0.1) is 13.4 Å². The third-order valence-corrected chi connectivity index (χ3v) is 4.48. The van der Waals surface area contributed by atoms with Gasteiger partial charge in [-0.25, -0.2) is 14.8 Å². The molecule has 0 N–H and O–H groups in total. The lowest BCUT2D eigenvalue weighted by Crippen LogP contribution is -2.16. The molecule has 0 unspecified atom stereocenters. The minimum Gasteiger partial charge on any atom is -0.464 e. The first-order valence-corrected chi connectivity index (χ1v) is 8.31. The number of hydrogen-bond acceptors (Lipinski definition) is 6. The van der Waals surface area contributed by atoms with Crippen molar-refractivity contribution < 1.29 is 13.9 Å². The fourth-order valence-corrected chi connectivity index (χ4v) is 2.75. The van der Waals surface area contributed by atoms with E-state index in [2.05, 4.69) is 9.97 Å². The number of benzene rings is 1. The lowest BCUT2D eigenvalue weighted by atomic mass is 10.1. The lowest BCUT2D eigenvalue weighted by molar-refractivity contribution is 0.0594. The van der Waals surface area contributed by atoms with Crippen molar-refractivity contribution in [3.63, 3.8) is 0 Å². The smallest absolute Gasteiger partial charge is 0.358 e. The van der Waals surface area contributed by atoms with Gasteiger partial charge in [0.1, 0.15) is 5.02 Å². The van der Waals surface area contributed by atoms with Gasteiger partial charge in [-0.2, -0.15) is 0 Å². The Morgan fingerprint density at radius 3 is 2.58 bits per heavy atom. The van der Waals surface area contributed by atoms with E-state index in [-0.39, 0.29) is 10.7 Å². The van der Waals surface area contributed by atoms with E-state index in [0.29, 0.717) is 17.5 Å². The maximum absolute atomic E-state index is 12.2. The average Bonchev–Trinajstić information content (AvgIpc) is 3.17. The first-order valence-electron chi connectivity index (χ1n) is 7.93. The molecule has 0 amide bonds. The Morgan fingerprint density at radius 2 is 1.96 bits per heavy atom. The molecule has 0 radical (unpaired) electrons. The van der Waals surface area contributed by atoms with Gasteiger partial charge < -0.3 is 9.15 Å². The van der Waals surface area contributed by atoms with Gasteiger partial charge in [-0.15, -0.1) is 0 Å². The van der Waals surface area contributed by atoms with Gasteiger partial charge in [0, 0.05) is 18.7 Å². The molecule has 3 rings (SSSR count). The topological polar surface area (TPSA) is 68.5 Å². The molecule has 0 atom stereocenters. The number of esters is 1. The highest BCUT2D eigenvalue weighted by molar-refractivity contribution is 6.35. The third kappa shape index (κ3) is 3.28. The monoisotopic (exact) mass is 371 g/mol. The van der Waals surface area contributed by atoms with E-state index in [4.69, 9.17) is 20.8 Å². The molecule has 7 heteroatoms. The lowest BCUT2D eigenvalue weighted by Gasteiger charge is -2.18. The number of methoxy groups -OCH3 is 1. The predicted octanol–water partition coefficient (Wildman–Crippen LogP) is 4.56. The Labute approximate surface area is 156 Å². The number of aromatic nitrogens is 2. The van der Waals surface area contributed by atoms with Crippen LogP contribution in [0.3, 0.4) is 0 Å². The highest BCUT2D eigenvalue weighted by Gasteiger charge is 2.23. The summed E-state index contributed by atoms with van der Waals surface area (Å²) >= 11 is 6.40. The SMILES string of the molecule is COC(=O)c1nc(-c2ccc(C)c(C)c2)nc(N(C)c2ccco2)c1Cl. The van der Waals surface area contributed by atoms with Crippen molar-refractivity contribution >= 4 is 29.3 Å². The van der Waals surface area contributed by atoms with Gasteiger partial charge in [-0.3, -0.25) is 4.90 Å². The molecule has 134 valence electrons. The molecule has 2 aromatic heterocycles. The van der Waals surface area contributed by atoms with E-state index in [0.717, 1.165) is 16.7 Å². The normalized spacial score (nSPS) is 10.7. The summed E-state index contributed by atoms with van der Waals surface area (Å²) in [5, 5.41) is 0.100. The van der Waals surface area contributed by atoms with Crippen LogP contribution in [-0.4, -0.2) is 30.1 Å². The standard InChI is InChI=1S/C19H18ClN3O3/c1-11-7-8-13(10-12(11)2)17-21-16(19(24)25-4)15(20)18(22-17)23(3)14-6-5-9-26-14/h5-10H,1-4H3. The Bertz CT molecular complexity index is 955. The van der Waals surface area contributed by atoms with E-state index >= 15 is 0 Å². The van der Waals surface area contributed by atoms with Crippen molar-refractivity contribution in [3.8, 4) is 11.4 Å². The second-order valence-corrected chi connectivity index (χ2v) is 6.21. The fourth-order valence-electron chi connectivity index (χ4n) is 2.46. The number of anilines is 2. The number of aryl methyl sites for hydroxylation is 2. The minimum atomic E-state index is -0.628. The van der Waals surface area contributed by atoms with Gasteiger partial charge in [-0.1, -0.05) is 23.7 Å². The maximum atomic E-state index is 12.2. The van der Waals surface area contributed by atoms with Crippen LogP contribution in [0.15, 0.2) is 41.0 Å². The van der Waals surface area contributed by atoms with Crippen LogP contribution in [0, 0.1) is 13.8 Å². The van der Waals surface area contributed by atoms with E-state index in [1.165, 1.54) is 7.11 Å². The molecule has 0 aliphatic heterocycles. The highest BCUT2D eigenvalue weighted by Crippen LogP contribution is 2.33. The highest BCUT2D eigenvalue weighted by atomic mass is 35.5. The van der Waals surface area contributed by atoms with Crippen LogP contribution in [0.1, 0.15) is 21.6 Å². The Morgan fingerprint density at radius 1 is 1.19 bits per heavy atom. The summed E-state index contributed by atoms with van der Waals surface area (Å²) in [6.45, 7) is 4.03. The maximum Gasteiger partial charge on any atom is 0.358 e. The Kier molecular flexibility index (Phi) is 4.95. The summed E-state index contributed by atoms with van der Waals surface area (Å²) in [5.41, 5.74) is 3.04. The predicted molar refractivity (Wildman–Crippen MR) is 100 cm³/mol. The van der Waals surface area contributed by atoms with E-state index < -0.39 is 5.97 Å². The zero-order chi connectivity index (χ0) is 18.8. The summed E-state index contributed by atoms with van der Waals surface area (Å²) in [6, 6.07) is 9.38. The summed E-state index contributed by atoms with van der Waals surface area (Å²) in [5.74, 6) is 0.639. The Hall–Kier alpha value is -2.86. The van der Waals surface area contributed by atoms with Crippen molar-refractivity contribution in [2.24, 2.45) is 0 Å². The molecule has 0 saturated heterocycles. The van der Waals surface area contributed by atoms with Crippen LogP contribution in [0.5, 0.6) is 0 Å². The van der Waals surface area contributed by atoms with Crippen molar-refractivity contribution in [1.82, 2.24) is 9.97 Å². The van der Waals surface area contributed by atoms with E-state index in [1.807, 2.05) is 32.0 Å². The summed E-state index contributed by atoms with van der Waals surface area (Å²) in [4.78, 5) is 22.7. The number of hydrogen-bond donors (Lipinski definition) is 0. The average molecular weight is 372 g/mol. The molecular formula is C19H18ClN3O3. The number of halogens is 1. The third-order valence-electron chi connectivity index (χ3n) is 4.13. The van der Waals surface area contributed by atoms with Crippen molar-refractivity contribution in [2.75, 3.05) is 19.1 Å². The fraction of sp³-hybridized carbons (Fsp3) is 0.211. The van der Waals surface area contributed by atoms with Crippen LogP contribution in [-0.2, 0) is 4.74 Å². The second-order valence-electron chi connectivity index (χ2n) is 5.83. The van der Waals surface area contributed by atoms with Crippen LogP contribution >= 0.6 is 11.6 Å². The molecule has 0 saturated carbocycles. The van der Waals surface area contributed by atoms with E-state index in [1.54, 1.807) is 30.3 Å². The van der Waals surface area contributed by atoms with Crippen molar-refractivity contribution in [2.45, 2.75) is 13.8 Å². The molecule has 3 aromatic rings. The molecule has 0 fully saturated rings.